The predicted octanol–water partition coefficient (Wildman–Crippen LogP) is 3.59. The fourth-order valence-corrected chi connectivity index (χ4v) is 4.81. The molecule has 32 heavy (non-hydrogen) atoms. The van der Waals surface area contributed by atoms with E-state index in [2.05, 4.69) is 32.0 Å². The first kappa shape index (κ1) is 22.6. The maximum absolute atomic E-state index is 11.4. The van der Waals surface area contributed by atoms with Crippen molar-refractivity contribution >= 4 is 11.8 Å². The molecule has 2 aliphatic rings. The molecule has 1 saturated carbocycles. The third-order valence-corrected chi connectivity index (χ3v) is 6.78. The molecule has 0 radical (unpaired) electrons. The lowest BCUT2D eigenvalue weighted by atomic mass is 9.84. The Kier molecular flexibility index (Phi) is 7.68. The Labute approximate surface area is 189 Å². The number of rotatable bonds is 9. The zero-order valence-corrected chi connectivity index (χ0v) is 18.9. The van der Waals surface area contributed by atoms with Crippen LogP contribution in [-0.4, -0.2) is 69.3 Å². The third-order valence-electron chi connectivity index (χ3n) is 6.78. The topological polar surface area (TPSA) is 108 Å². The highest BCUT2D eigenvalue weighted by Gasteiger charge is 2.24. The van der Waals surface area contributed by atoms with Gasteiger partial charge in [-0.1, -0.05) is 50.1 Å². The Hall–Kier alpha value is -2.55. The summed E-state index contributed by atoms with van der Waals surface area (Å²) in [5.41, 5.74) is 0.549. The van der Waals surface area contributed by atoms with Gasteiger partial charge in [-0.3, -0.25) is 9.78 Å². The summed E-state index contributed by atoms with van der Waals surface area (Å²) >= 11 is 0. The molecular formula is C23H34N6O3. The molecule has 1 aliphatic carbocycles. The molecule has 0 amide bonds. The van der Waals surface area contributed by atoms with Crippen LogP contribution in [0.25, 0.3) is 11.5 Å². The molecule has 2 aromatic heterocycles. The summed E-state index contributed by atoms with van der Waals surface area (Å²) in [6, 6.07) is 0. The van der Waals surface area contributed by atoms with Gasteiger partial charge < -0.3 is 19.4 Å². The number of carbonyl (C=O) groups is 1. The fraction of sp³-hybridized carbons (Fsp3) is 0.696. The Bertz CT molecular complexity index is 874. The molecule has 4 rings (SSSR count). The second-order valence-electron chi connectivity index (χ2n) is 9.24. The van der Waals surface area contributed by atoms with Gasteiger partial charge in [0.25, 0.3) is 0 Å². The standard InChI is InChI=1S/C23H34N6O3/c1-28-10-12-29(13-11-28)20-16-24-15-19(25-20)22-26-23(32-27-22)18(14-21(30)31)9-5-8-17-6-3-2-4-7-17/h15-18H,2-14H2,1H3,(H,30,31)/t18-/m1/s1. The lowest BCUT2D eigenvalue weighted by molar-refractivity contribution is -0.137. The Morgan fingerprint density at radius 2 is 1.94 bits per heavy atom. The summed E-state index contributed by atoms with van der Waals surface area (Å²) < 4.78 is 5.51. The van der Waals surface area contributed by atoms with Gasteiger partial charge in [-0.05, 0) is 19.4 Å². The molecule has 3 heterocycles. The van der Waals surface area contributed by atoms with Gasteiger partial charge in [-0.25, -0.2) is 4.98 Å². The van der Waals surface area contributed by atoms with Gasteiger partial charge in [0.1, 0.15) is 11.5 Å². The van der Waals surface area contributed by atoms with Crippen LogP contribution < -0.4 is 4.90 Å². The average molecular weight is 443 g/mol. The number of hydrogen-bond donors (Lipinski definition) is 1. The lowest BCUT2D eigenvalue weighted by Crippen LogP contribution is -2.44. The Morgan fingerprint density at radius 1 is 1.16 bits per heavy atom. The van der Waals surface area contributed by atoms with Crippen molar-refractivity contribution in [2.75, 3.05) is 38.1 Å². The smallest absolute Gasteiger partial charge is 0.304 e. The molecule has 2 fully saturated rings. The van der Waals surface area contributed by atoms with E-state index in [0.717, 1.165) is 57.2 Å². The minimum atomic E-state index is -0.843. The van der Waals surface area contributed by atoms with Crippen molar-refractivity contribution < 1.29 is 14.4 Å². The van der Waals surface area contributed by atoms with E-state index in [9.17, 15) is 9.90 Å². The monoisotopic (exact) mass is 442 g/mol. The van der Waals surface area contributed by atoms with E-state index in [-0.39, 0.29) is 12.3 Å². The van der Waals surface area contributed by atoms with E-state index in [4.69, 9.17) is 9.51 Å². The molecule has 2 aromatic rings. The fourth-order valence-electron chi connectivity index (χ4n) is 4.81. The van der Waals surface area contributed by atoms with Crippen molar-refractivity contribution in [2.45, 2.75) is 63.7 Å². The van der Waals surface area contributed by atoms with Gasteiger partial charge >= 0.3 is 5.97 Å². The van der Waals surface area contributed by atoms with Gasteiger partial charge in [0.15, 0.2) is 0 Å². The van der Waals surface area contributed by atoms with E-state index in [1.165, 1.54) is 32.1 Å². The van der Waals surface area contributed by atoms with Gasteiger partial charge in [-0.2, -0.15) is 4.98 Å². The van der Waals surface area contributed by atoms with Crippen LogP contribution in [0.5, 0.6) is 0 Å². The van der Waals surface area contributed by atoms with E-state index < -0.39 is 5.97 Å². The summed E-state index contributed by atoms with van der Waals surface area (Å²) in [7, 11) is 2.11. The van der Waals surface area contributed by atoms with Crippen LogP contribution in [0.4, 0.5) is 5.82 Å². The molecule has 1 N–H and O–H groups in total. The first-order valence-corrected chi connectivity index (χ1v) is 11.9. The summed E-state index contributed by atoms with van der Waals surface area (Å²) in [6.45, 7) is 3.76. The van der Waals surface area contributed by atoms with Crippen LogP contribution in [0, 0.1) is 5.92 Å². The number of aromatic nitrogens is 4. The number of piperazine rings is 1. The highest BCUT2D eigenvalue weighted by molar-refractivity contribution is 5.67. The number of nitrogens with zero attached hydrogens (tertiary/aromatic N) is 6. The van der Waals surface area contributed by atoms with Gasteiger partial charge in [0, 0.05) is 32.1 Å². The maximum atomic E-state index is 11.4. The second kappa shape index (κ2) is 10.8. The quantitative estimate of drug-likeness (QED) is 0.623. The third kappa shape index (κ3) is 6.03. The molecule has 9 nitrogen and oxygen atoms in total. The van der Waals surface area contributed by atoms with E-state index in [1.54, 1.807) is 12.4 Å². The number of carboxylic acid groups (broad SMARTS) is 1. The highest BCUT2D eigenvalue weighted by Crippen LogP contribution is 2.31. The minimum absolute atomic E-state index is 0.000681. The molecule has 0 spiro atoms. The number of anilines is 1. The zero-order chi connectivity index (χ0) is 22.3. The van der Waals surface area contributed by atoms with Crippen molar-refractivity contribution in [1.82, 2.24) is 25.0 Å². The minimum Gasteiger partial charge on any atom is -0.481 e. The summed E-state index contributed by atoms with van der Waals surface area (Å²) in [5, 5.41) is 13.5. The first-order chi connectivity index (χ1) is 15.6. The van der Waals surface area contributed by atoms with Crippen molar-refractivity contribution in [2.24, 2.45) is 5.92 Å². The van der Waals surface area contributed by atoms with Crippen molar-refractivity contribution in [1.29, 1.82) is 0 Å². The van der Waals surface area contributed by atoms with Gasteiger partial charge in [0.05, 0.1) is 18.8 Å². The van der Waals surface area contributed by atoms with E-state index in [0.29, 0.717) is 17.4 Å². The maximum Gasteiger partial charge on any atom is 0.304 e. The van der Waals surface area contributed by atoms with Gasteiger partial charge in [-0.15, -0.1) is 0 Å². The van der Waals surface area contributed by atoms with Crippen molar-refractivity contribution in [3.8, 4) is 11.5 Å². The van der Waals surface area contributed by atoms with Crippen LogP contribution in [0.2, 0.25) is 0 Å². The normalized spacial score (nSPS) is 19.2. The van der Waals surface area contributed by atoms with Crippen LogP contribution in [0.1, 0.15) is 69.6 Å². The number of hydrogen-bond acceptors (Lipinski definition) is 8. The molecule has 0 bridgehead atoms. The van der Waals surface area contributed by atoms with Crippen molar-refractivity contribution in [3.05, 3.63) is 18.3 Å². The van der Waals surface area contributed by atoms with Gasteiger partial charge in [0.2, 0.25) is 11.7 Å². The molecule has 174 valence electrons. The van der Waals surface area contributed by atoms with Crippen LogP contribution in [-0.2, 0) is 4.79 Å². The average Bonchev–Trinajstić information content (AvgIpc) is 3.30. The number of carboxylic acids is 1. The Morgan fingerprint density at radius 3 is 2.69 bits per heavy atom. The van der Waals surface area contributed by atoms with E-state index >= 15 is 0 Å². The van der Waals surface area contributed by atoms with Crippen LogP contribution in [0.15, 0.2) is 16.9 Å². The molecule has 1 aliphatic heterocycles. The lowest BCUT2D eigenvalue weighted by Gasteiger charge is -2.33. The van der Waals surface area contributed by atoms with Crippen molar-refractivity contribution in [3.63, 3.8) is 0 Å². The SMILES string of the molecule is CN1CCN(c2cncc(-c3noc([C@H](CCCC4CCCCC4)CC(=O)O)n3)n2)CC1. The largest absolute Gasteiger partial charge is 0.481 e. The molecule has 9 heteroatoms. The number of aliphatic carboxylic acids is 1. The molecule has 1 saturated heterocycles. The summed E-state index contributed by atoms with van der Waals surface area (Å²) in [5.74, 6) is 1.22. The van der Waals surface area contributed by atoms with E-state index in [1.807, 2.05) is 0 Å². The molecule has 0 unspecified atom stereocenters. The summed E-state index contributed by atoms with van der Waals surface area (Å²) in [4.78, 5) is 29.5. The zero-order valence-electron chi connectivity index (χ0n) is 18.9. The molecular weight excluding hydrogens is 408 g/mol. The van der Waals surface area contributed by atoms with Crippen LogP contribution >= 0.6 is 0 Å². The van der Waals surface area contributed by atoms with Crippen LogP contribution in [0.3, 0.4) is 0 Å². The number of likely N-dealkylation sites (N-methyl/N-ethyl adjacent to an activating group) is 1. The second-order valence-corrected chi connectivity index (χ2v) is 9.24. The highest BCUT2D eigenvalue weighted by atomic mass is 16.5. The Balaban J connectivity index is 1.41. The first-order valence-electron chi connectivity index (χ1n) is 11.9. The summed E-state index contributed by atoms with van der Waals surface area (Å²) in [6.07, 6.45) is 12.9. The molecule has 0 aromatic carbocycles. The predicted molar refractivity (Wildman–Crippen MR) is 120 cm³/mol. The molecule has 1 atom stereocenters.